The molecule has 0 unspecified atom stereocenters. The lowest BCUT2D eigenvalue weighted by Crippen LogP contribution is -1.90. The average molecular weight is 143 g/mol. The molecule has 2 rings (SSSR count). The smallest absolute Gasteiger partial charge is 0.295 e. The Balaban J connectivity index is 2.67. The summed E-state index contributed by atoms with van der Waals surface area (Å²) >= 11 is 0. The molecule has 0 fully saturated rings. The van der Waals surface area contributed by atoms with Crippen LogP contribution in [0.25, 0.3) is 11.8 Å². The van der Waals surface area contributed by atoms with Gasteiger partial charge >= 0.3 is 0 Å². The zero-order valence-electron chi connectivity index (χ0n) is 5.91. The van der Waals surface area contributed by atoms with Crippen LogP contribution in [0.4, 0.5) is 0 Å². The summed E-state index contributed by atoms with van der Waals surface area (Å²) in [5, 5.41) is 9.32. The summed E-state index contributed by atoms with van der Waals surface area (Å²) in [4.78, 5) is 0. The van der Waals surface area contributed by atoms with Gasteiger partial charge in [0.1, 0.15) is 11.6 Å². The van der Waals surface area contributed by atoms with Gasteiger partial charge in [0.2, 0.25) is 0 Å². The third kappa shape index (κ3) is 0.917. The third-order valence-corrected chi connectivity index (χ3v) is 1.70. The zero-order chi connectivity index (χ0) is 7.68. The van der Waals surface area contributed by atoms with Crippen LogP contribution in [0.15, 0.2) is 30.3 Å². The first kappa shape index (κ1) is 6.14. The fourth-order valence-electron chi connectivity index (χ4n) is 1.15. The largest absolute Gasteiger partial charge is 0.480 e. The van der Waals surface area contributed by atoms with Crippen molar-refractivity contribution in [1.29, 1.82) is 0 Å². The highest BCUT2D eigenvalue weighted by atomic mass is 16.3. The van der Waals surface area contributed by atoms with Gasteiger partial charge in [-0.15, -0.1) is 0 Å². The number of aliphatic hydroxyl groups is 1. The number of benzene rings is 1. The van der Waals surface area contributed by atoms with E-state index in [1.54, 1.807) is 6.08 Å². The standard InChI is InChI=1S/C10H6O/c11-10-7-3-5-8-4-1-2-6-9(8)10/h1-6H/p+1. The van der Waals surface area contributed by atoms with Crippen LogP contribution in [0.5, 0.6) is 0 Å². The lowest BCUT2D eigenvalue weighted by Gasteiger charge is -1.96. The summed E-state index contributed by atoms with van der Waals surface area (Å²) in [7, 11) is 0. The molecule has 1 nitrogen and oxygen atoms in total. The van der Waals surface area contributed by atoms with E-state index in [1.807, 2.05) is 30.3 Å². The maximum Gasteiger partial charge on any atom is 0.295 e. The highest BCUT2D eigenvalue weighted by Crippen LogP contribution is 2.21. The monoisotopic (exact) mass is 143 g/mol. The van der Waals surface area contributed by atoms with Crippen molar-refractivity contribution in [3.63, 3.8) is 0 Å². The number of hydrogen-bond donors (Lipinski definition) is 1. The second-order valence-corrected chi connectivity index (χ2v) is 2.41. The summed E-state index contributed by atoms with van der Waals surface area (Å²) in [5.41, 5.74) is 1.90. The van der Waals surface area contributed by atoms with Crippen LogP contribution in [-0.4, -0.2) is 5.11 Å². The van der Waals surface area contributed by atoms with Crippen molar-refractivity contribution in [1.82, 2.24) is 0 Å². The van der Waals surface area contributed by atoms with E-state index in [1.165, 1.54) is 0 Å². The molecule has 1 aromatic carbocycles. The van der Waals surface area contributed by atoms with E-state index in [-0.39, 0.29) is 5.76 Å². The van der Waals surface area contributed by atoms with Crippen LogP contribution in [0.2, 0.25) is 0 Å². The summed E-state index contributed by atoms with van der Waals surface area (Å²) < 4.78 is 0. The maximum atomic E-state index is 9.32. The van der Waals surface area contributed by atoms with Crippen LogP contribution in [-0.2, 0) is 0 Å². The van der Waals surface area contributed by atoms with E-state index in [2.05, 4.69) is 6.08 Å². The van der Waals surface area contributed by atoms with Crippen molar-refractivity contribution in [3.8, 4) is 0 Å². The Bertz CT molecular complexity index is 334. The van der Waals surface area contributed by atoms with Crippen LogP contribution >= 0.6 is 0 Å². The Labute approximate surface area is 65.3 Å². The highest BCUT2D eigenvalue weighted by molar-refractivity contribution is 5.73. The molecule has 1 aromatic rings. The zero-order valence-corrected chi connectivity index (χ0v) is 5.91. The number of rotatable bonds is 0. The fourth-order valence-corrected chi connectivity index (χ4v) is 1.15. The first-order valence-corrected chi connectivity index (χ1v) is 3.46. The van der Waals surface area contributed by atoms with Gasteiger partial charge in [-0.2, -0.15) is 0 Å². The van der Waals surface area contributed by atoms with Crippen LogP contribution in [0.1, 0.15) is 11.1 Å². The summed E-state index contributed by atoms with van der Waals surface area (Å²) in [6.45, 7) is 0. The highest BCUT2D eigenvalue weighted by Gasteiger charge is 2.15. The molecule has 0 saturated carbocycles. The van der Waals surface area contributed by atoms with Gasteiger partial charge in [0, 0.05) is 6.07 Å². The van der Waals surface area contributed by atoms with Crippen molar-refractivity contribution >= 4 is 11.8 Å². The Kier molecular flexibility index (Phi) is 1.24. The van der Waals surface area contributed by atoms with E-state index >= 15 is 0 Å². The normalized spacial score (nSPS) is 13.3. The molecule has 52 valence electrons. The molecule has 1 N–H and O–H groups in total. The van der Waals surface area contributed by atoms with E-state index in [0.29, 0.717) is 0 Å². The quantitative estimate of drug-likeness (QED) is 0.553. The summed E-state index contributed by atoms with van der Waals surface area (Å²) in [6.07, 6.45) is 6.38. The second-order valence-electron chi connectivity index (χ2n) is 2.41. The number of aliphatic hydroxyl groups excluding tert-OH is 1. The van der Waals surface area contributed by atoms with Crippen molar-refractivity contribution in [2.75, 3.05) is 0 Å². The Morgan fingerprint density at radius 1 is 1.18 bits per heavy atom. The molecule has 0 saturated heterocycles. The maximum absolute atomic E-state index is 9.32. The molecule has 0 atom stereocenters. The Hall–Kier alpha value is -1.59. The minimum Gasteiger partial charge on any atom is -0.480 e. The Morgan fingerprint density at radius 2 is 2.00 bits per heavy atom. The van der Waals surface area contributed by atoms with Gasteiger partial charge in [-0.3, -0.25) is 0 Å². The second kappa shape index (κ2) is 2.22. The van der Waals surface area contributed by atoms with E-state index in [4.69, 9.17) is 0 Å². The first-order chi connectivity index (χ1) is 5.38. The van der Waals surface area contributed by atoms with Crippen LogP contribution in [0, 0.1) is 6.08 Å². The van der Waals surface area contributed by atoms with E-state index in [9.17, 15) is 5.11 Å². The van der Waals surface area contributed by atoms with Gasteiger partial charge in [-0.1, -0.05) is 6.07 Å². The minimum absolute atomic E-state index is 0.225. The van der Waals surface area contributed by atoms with Crippen molar-refractivity contribution in [2.45, 2.75) is 0 Å². The third-order valence-electron chi connectivity index (χ3n) is 1.70. The van der Waals surface area contributed by atoms with Crippen LogP contribution in [0.3, 0.4) is 0 Å². The molecule has 0 amide bonds. The van der Waals surface area contributed by atoms with Crippen molar-refractivity contribution < 1.29 is 5.11 Å². The van der Waals surface area contributed by atoms with E-state index < -0.39 is 0 Å². The summed E-state index contributed by atoms with van der Waals surface area (Å²) in [6, 6.07) is 7.68. The molecule has 0 heterocycles. The molecular formula is C10H7O+. The van der Waals surface area contributed by atoms with Crippen LogP contribution < -0.4 is 0 Å². The molecule has 0 aliphatic heterocycles. The van der Waals surface area contributed by atoms with Gasteiger partial charge in [-0.25, -0.2) is 0 Å². The molecule has 1 aliphatic carbocycles. The first-order valence-electron chi connectivity index (χ1n) is 3.46. The fraction of sp³-hybridized carbons (Fsp3) is 0. The molecule has 1 heteroatoms. The Morgan fingerprint density at radius 3 is 2.82 bits per heavy atom. The van der Waals surface area contributed by atoms with Crippen molar-refractivity contribution in [2.24, 2.45) is 0 Å². The molecular weight excluding hydrogens is 136 g/mol. The number of fused-ring (bicyclic) bond motifs is 1. The van der Waals surface area contributed by atoms with Gasteiger partial charge < -0.3 is 5.11 Å². The molecule has 1 aliphatic rings. The lowest BCUT2D eigenvalue weighted by atomic mass is 10.0. The SMILES string of the molecule is OC1=[C+]C=Cc2ccccc21. The average Bonchev–Trinajstić information content (AvgIpc) is 2.06. The van der Waals surface area contributed by atoms with Gasteiger partial charge in [-0.05, 0) is 12.1 Å². The molecule has 0 spiro atoms. The van der Waals surface area contributed by atoms with Gasteiger partial charge in [0.05, 0.1) is 17.7 Å². The minimum atomic E-state index is 0.225. The predicted octanol–water partition coefficient (Wildman–Crippen LogP) is 2.42. The number of allylic oxidation sites excluding steroid dienone is 2. The van der Waals surface area contributed by atoms with E-state index in [0.717, 1.165) is 11.1 Å². The molecule has 0 bridgehead atoms. The molecule has 0 radical (unpaired) electrons. The molecule has 0 aromatic heterocycles. The van der Waals surface area contributed by atoms with Gasteiger partial charge in [0.15, 0.2) is 0 Å². The summed E-state index contributed by atoms with van der Waals surface area (Å²) in [5.74, 6) is 0.225. The van der Waals surface area contributed by atoms with Crippen molar-refractivity contribution in [3.05, 3.63) is 47.5 Å². The predicted molar refractivity (Wildman–Crippen MR) is 44.8 cm³/mol. The topological polar surface area (TPSA) is 20.2 Å². The number of hydrogen-bond acceptors (Lipinski definition) is 1. The molecule has 11 heavy (non-hydrogen) atoms. The lowest BCUT2D eigenvalue weighted by molar-refractivity contribution is 0.509. The van der Waals surface area contributed by atoms with Gasteiger partial charge in [0.25, 0.3) is 5.76 Å².